The average molecular weight is 284 g/mol. The monoisotopic (exact) mass is 284 g/mol. The third-order valence-corrected chi connectivity index (χ3v) is 4.37. The van der Waals surface area contributed by atoms with Crippen molar-refractivity contribution in [3.63, 3.8) is 0 Å². The molecule has 108 valence electrons. The number of hydrogen-bond acceptors (Lipinski definition) is 2. The van der Waals surface area contributed by atoms with Crippen molar-refractivity contribution >= 4 is 0 Å². The Morgan fingerprint density at radius 2 is 1.86 bits per heavy atom. The molecule has 1 unspecified atom stereocenters. The van der Waals surface area contributed by atoms with Gasteiger partial charge in [0.1, 0.15) is 17.7 Å². The van der Waals surface area contributed by atoms with Crippen LogP contribution in [-0.2, 0) is 0 Å². The van der Waals surface area contributed by atoms with Gasteiger partial charge >= 0.3 is 0 Å². The molecule has 0 spiro atoms. The minimum atomic E-state index is -0.681. The van der Waals surface area contributed by atoms with Crippen LogP contribution in [0.2, 0.25) is 0 Å². The molecule has 1 N–H and O–H groups in total. The number of benzene rings is 2. The zero-order valence-electron chi connectivity index (χ0n) is 11.6. The minimum Gasteiger partial charge on any atom is -0.485 e. The van der Waals surface area contributed by atoms with Crippen LogP contribution in [-0.4, -0.2) is 5.11 Å². The van der Waals surface area contributed by atoms with Gasteiger partial charge in [0.05, 0.1) is 6.10 Å². The van der Waals surface area contributed by atoms with E-state index in [1.54, 1.807) is 6.07 Å². The number of aliphatic hydroxyl groups is 1. The number of fused-ring (bicyclic) bond motifs is 1. The van der Waals surface area contributed by atoms with E-state index < -0.39 is 6.10 Å². The average Bonchev–Trinajstić information content (AvgIpc) is 3.33. The van der Waals surface area contributed by atoms with Crippen molar-refractivity contribution in [2.24, 2.45) is 0 Å². The molecule has 2 atom stereocenters. The third-order valence-electron chi connectivity index (χ3n) is 4.37. The van der Waals surface area contributed by atoms with E-state index >= 15 is 0 Å². The van der Waals surface area contributed by atoms with Gasteiger partial charge in [-0.25, -0.2) is 4.39 Å². The summed E-state index contributed by atoms with van der Waals surface area (Å²) in [7, 11) is 0. The molecule has 1 saturated carbocycles. The highest BCUT2D eigenvalue weighted by Gasteiger charge is 2.30. The van der Waals surface area contributed by atoms with E-state index in [4.69, 9.17) is 4.74 Å². The summed E-state index contributed by atoms with van der Waals surface area (Å²) in [6.07, 6.45) is 2.14. The Hall–Kier alpha value is -1.87. The van der Waals surface area contributed by atoms with E-state index in [0.717, 1.165) is 5.56 Å². The first kappa shape index (κ1) is 12.8. The van der Waals surface area contributed by atoms with Gasteiger partial charge < -0.3 is 9.84 Å². The maximum absolute atomic E-state index is 13.3. The molecular weight excluding hydrogens is 267 g/mol. The van der Waals surface area contributed by atoms with Crippen molar-refractivity contribution in [1.29, 1.82) is 0 Å². The van der Waals surface area contributed by atoms with Crippen LogP contribution in [0.25, 0.3) is 0 Å². The molecule has 2 aromatic carbocycles. The van der Waals surface area contributed by atoms with Crippen LogP contribution in [0.1, 0.15) is 54.1 Å². The van der Waals surface area contributed by atoms with Crippen LogP contribution < -0.4 is 4.74 Å². The van der Waals surface area contributed by atoms with E-state index in [1.807, 2.05) is 6.07 Å². The van der Waals surface area contributed by atoms with Crippen LogP contribution in [0.5, 0.6) is 5.75 Å². The SMILES string of the molecule is O[C@H]1CC(c2cccc(C3CC3)c2)Oc2ccc(F)cc21. The lowest BCUT2D eigenvalue weighted by Gasteiger charge is -2.30. The molecule has 2 aliphatic rings. The van der Waals surface area contributed by atoms with Gasteiger partial charge in [0.25, 0.3) is 0 Å². The van der Waals surface area contributed by atoms with E-state index in [2.05, 4.69) is 18.2 Å². The number of hydrogen-bond donors (Lipinski definition) is 1. The van der Waals surface area contributed by atoms with Crippen LogP contribution in [0.4, 0.5) is 4.39 Å². The summed E-state index contributed by atoms with van der Waals surface area (Å²) in [5.74, 6) is 0.933. The Kier molecular flexibility index (Phi) is 2.96. The second kappa shape index (κ2) is 4.85. The smallest absolute Gasteiger partial charge is 0.127 e. The third kappa shape index (κ3) is 2.42. The zero-order chi connectivity index (χ0) is 14.4. The first-order valence-corrected chi connectivity index (χ1v) is 7.45. The van der Waals surface area contributed by atoms with Crippen LogP contribution in [0, 0.1) is 5.82 Å². The molecule has 1 aliphatic heterocycles. The van der Waals surface area contributed by atoms with Crippen molar-refractivity contribution in [1.82, 2.24) is 0 Å². The van der Waals surface area contributed by atoms with Crippen LogP contribution in [0.3, 0.4) is 0 Å². The molecule has 1 fully saturated rings. The summed E-state index contributed by atoms with van der Waals surface area (Å²) >= 11 is 0. The molecule has 0 amide bonds. The molecule has 2 aromatic rings. The lowest BCUT2D eigenvalue weighted by atomic mass is 9.93. The standard InChI is InChI=1S/C18H17FO2/c19-14-6-7-17-15(9-14)16(20)10-18(21-17)13-3-1-2-12(8-13)11-4-5-11/h1-3,6-9,11,16,18,20H,4-5,10H2/t16-,18?/m0/s1. The van der Waals surface area contributed by atoms with Crippen molar-refractivity contribution in [2.75, 3.05) is 0 Å². The number of aliphatic hydroxyl groups excluding tert-OH is 1. The molecule has 1 aliphatic carbocycles. The molecule has 0 saturated heterocycles. The summed E-state index contributed by atoms with van der Waals surface area (Å²) < 4.78 is 19.2. The van der Waals surface area contributed by atoms with Gasteiger partial charge in [-0.3, -0.25) is 0 Å². The van der Waals surface area contributed by atoms with Gasteiger partial charge in [-0.1, -0.05) is 24.3 Å². The lowest BCUT2D eigenvalue weighted by Crippen LogP contribution is -2.19. The molecule has 21 heavy (non-hydrogen) atoms. The maximum atomic E-state index is 13.3. The molecule has 4 rings (SSSR count). The highest BCUT2D eigenvalue weighted by atomic mass is 19.1. The number of halogens is 1. The van der Waals surface area contributed by atoms with Crippen molar-refractivity contribution in [2.45, 2.75) is 37.4 Å². The maximum Gasteiger partial charge on any atom is 0.127 e. The Labute approximate surface area is 123 Å². The van der Waals surface area contributed by atoms with E-state index in [0.29, 0.717) is 23.7 Å². The van der Waals surface area contributed by atoms with E-state index in [9.17, 15) is 9.50 Å². The molecule has 0 aromatic heterocycles. The highest BCUT2D eigenvalue weighted by Crippen LogP contribution is 2.44. The van der Waals surface area contributed by atoms with Crippen LogP contribution in [0.15, 0.2) is 42.5 Å². The Morgan fingerprint density at radius 1 is 1.05 bits per heavy atom. The van der Waals surface area contributed by atoms with Gasteiger partial charge in [-0.05, 0) is 48.1 Å². The highest BCUT2D eigenvalue weighted by molar-refractivity contribution is 5.39. The first-order chi connectivity index (χ1) is 10.2. The Morgan fingerprint density at radius 3 is 2.67 bits per heavy atom. The molecule has 1 heterocycles. The molecule has 2 nitrogen and oxygen atoms in total. The lowest BCUT2D eigenvalue weighted by molar-refractivity contribution is 0.0653. The summed E-state index contributed by atoms with van der Waals surface area (Å²) in [4.78, 5) is 0. The second-order valence-corrected chi connectivity index (χ2v) is 5.98. The predicted molar refractivity (Wildman–Crippen MR) is 77.8 cm³/mol. The fourth-order valence-corrected chi connectivity index (χ4v) is 3.05. The molecule has 0 bridgehead atoms. The zero-order valence-corrected chi connectivity index (χ0v) is 11.6. The quantitative estimate of drug-likeness (QED) is 0.892. The van der Waals surface area contributed by atoms with Gasteiger partial charge in [-0.2, -0.15) is 0 Å². The predicted octanol–water partition coefficient (Wildman–Crippen LogP) is 4.26. The number of rotatable bonds is 2. The summed E-state index contributed by atoms with van der Waals surface area (Å²) in [6, 6.07) is 12.8. The summed E-state index contributed by atoms with van der Waals surface area (Å²) in [6.45, 7) is 0. The van der Waals surface area contributed by atoms with Crippen molar-refractivity contribution < 1.29 is 14.2 Å². The first-order valence-electron chi connectivity index (χ1n) is 7.45. The number of ether oxygens (including phenoxy) is 1. The molecule has 3 heteroatoms. The van der Waals surface area contributed by atoms with Gasteiger partial charge in [0.15, 0.2) is 0 Å². The fourth-order valence-electron chi connectivity index (χ4n) is 3.05. The molecular formula is C18H17FO2. The van der Waals surface area contributed by atoms with Crippen LogP contribution >= 0.6 is 0 Å². The normalized spacial score (nSPS) is 24.3. The molecule has 0 radical (unpaired) electrons. The Bertz CT molecular complexity index is 679. The van der Waals surface area contributed by atoms with Gasteiger partial charge in [-0.15, -0.1) is 0 Å². The Balaban J connectivity index is 1.65. The van der Waals surface area contributed by atoms with E-state index in [1.165, 1.54) is 30.5 Å². The van der Waals surface area contributed by atoms with E-state index in [-0.39, 0.29) is 11.9 Å². The summed E-state index contributed by atoms with van der Waals surface area (Å²) in [5, 5.41) is 10.3. The minimum absolute atomic E-state index is 0.170. The fraction of sp³-hybridized carbons (Fsp3) is 0.333. The van der Waals surface area contributed by atoms with Crippen molar-refractivity contribution in [3.8, 4) is 5.75 Å². The topological polar surface area (TPSA) is 29.5 Å². The largest absolute Gasteiger partial charge is 0.485 e. The van der Waals surface area contributed by atoms with Gasteiger partial charge in [0, 0.05) is 12.0 Å². The van der Waals surface area contributed by atoms with Crippen molar-refractivity contribution in [3.05, 3.63) is 65.0 Å². The summed E-state index contributed by atoms with van der Waals surface area (Å²) in [5.41, 5.74) is 2.99. The van der Waals surface area contributed by atoms with Gasteiger partial charge in [0.2, 0.25) is 0 Å². The second-order valence-electron chi connectivity index (χ2n) is 5.98.